The minimum Gasteiger partial charge on any atom is -0.396 e. The normalized spacial score (nSPS) is 37.1. The van der Waals surface area contributed by atoms with E-state index < -0.39 is 0 Å². The predicted octanol–water partition coefficient (Wildman–Crippen LogP) is 0.766. The lowest BCUT2D eigenvalue weighted by atomic mass is 9.91. The first-order chi connectivity index (χ1) is 5.06. The van der Waals surface area contributed by atoms with E-state index in [0.29, 0.717) is 6.61 Å². The van der Waals surface area contributed by atoms with E-state index in [1.807, 2.05) is 20.8 Å². The van der Waals surface area contributed by atoms with Gasteiger partial charge < -0.3 is 14.6 Å². The minimum absolute atomic E-state index is 0.0960. The Morgan fingerprint density at radius 1 is 1.55 bits per heavy atom. The van der Waals surface area contributed by atoms with Crippen molar-refractivity contribution in [3.63, 3.8) is 0 Å². The summed E-state index contributed by atoms with van der Waals surface area (Å²) in [5.41, 5.74) is -0.258. The molecule has 0 amide bonds. The summed E-state index contributed by atoms with van der Waals surface area (Å²) in [6.45, 7) is 6.54. The van der Waals surface area contributed by atoms with Crippen LogP contribution in [0.4, 0.5) is 0 Å². The maximum absolute atomic E-state index is 8.95. The molecule has 0 radical (unpaired) electrons. The summed E-state index contributed by atoms with van der Waals surface area (Å²) in [6.07, 6.45) is -0.146. The molecule has 0 aromatic heterocycles. The second kappa shape index (κ2) is 3.09. The molecule has 1 fully saturated rings. The van der Waals surface area contributed by atoms with Crippen LogP contribution in [0.25, 0.3) is 0 Å². The molecule has 0 aromatic carbocycles. The smallest absolute Gasteiger partial charge is 0.155 e. The van der Waals surface area contributed by atoms with Gasteiger partial charge in [0.1, 0.15) is 0 Å². The van der Waals surface area contributed by atoms with Crippen molar-refractivity contribution >= 4 is 0 Å². The van der Waals surface area contributed by atoms with Crippen LogP contribution in [0.2, 0.25) is 0 Å². The molecule has 66 valence electrons. The Kier molecular flexibility index (Phi) is 2.52. The molecule has 1 saturated heterocycles. The molecule has 11 heavy (non-hydrogen) atoms. The van der Waals surface area contributed by atoms with Crippen molar-refractivity contribution in [1.29, 1.82) is 0 Å². The Morgan fingerprint density at radius 3 is 2.64 bits per heavy atom. The van der Waals surface area contributed by atoms with Gasteiger partial charge in [-0.2, -0.15) is 0 Å². The molecule has 0 aromatic rings. The molecule has 2 unspecified atom stereocenters. The number of hydrogen-bond acceptors (Lipinski definition) is 3. The number of rotatable bonds is 1. The van der Waals surface area contributed by atoms with Crippen LogP contribution in [0.15, 0.2) is 0 Å². The maximum atomic E-state index is 8.95. The summed E-state index contributed by atoms with van der Waals surface area (Å²) in [5, 5.41) is 8.95. The van der Waals surface area contributed by atoms with Gasteiger partial charge in [0.05, 0.1) is 18.8 Å². The van der Waals surface area contributed by atoms with E-state index in [9.17, 15) is 0 Å². The van der Waals surface area contributed by atoms with E-state index in [4.69, 9.17) is 14.6 Å². The molecule has 1 aliphatic rings. The monoisotopic (exact) mass is 160 g/mol. The Hall–Kier alpha value is -0.120. The maximum Gasteiger partial charge on any atom is 0.155 e. The van der Waals surface area contributed by atoms with Gasteiger partial charge in [-0.3, -0.25) is 0 Å². The lowest BCUT2D eigenvalue weighted by Crippen LogP contribution is -2.47. The topological polar surface area (TPSA) is 38.7 Å². The van der Waals surface area contributed by atoms with Gasteiger partial charge in [0.15, 0.2) is 6.29 Å². The van der Waals surface area contributed by atoms with E-state index in [1.165, 1.54) is 0 Å². The minimum atomic E-state index is -0.258. The lowest BCUT2D eigenvalue weighted by Gasteiger charge is -2.40. The zero-order valence-electron chi connectivity index (χ0n) is 7.33. The molecular weight excluding hydrogens is 144 g/mol. The van der Waals surface area contributed by atoms with Crippen molar-refractivity contribution in [3.8, 4) is 0 Å². The lowest BCUT2D eigenvalue weighted by molar-refractivity contribution is -0.267. The van der Waals surface area contributed by atoms with Crippen molar-refractivity contribution in [2.45, 2.75) is 32.7 Å². The summed E-state index contributed by atoms with van der Waals surface area (Å²) >= 11 is 0. The first-order valence-electron chi connectivity index (χ1n) is 3.96. The van der Waals surface area contributed by atoms with Gasteiger partial charge in [-0.15, -0.1) is 0 Å². The molecule has 0 saturated carbocycles. The van der Waals surface area contributed by atoms with Crippen LogP contribution in [0.1, 0.15) is 20.8 Å². The number of aliphatic hydroxyl groups is 1. The standard InChI is InChI=1S/C8H16O3/c1-6-10-5-7(4-9)8(2,3)11-6/h6-7,9H,4-5H2,1-3H3. The third kappa shape index (κ3) is 1.92. The van der Waals surface area contributed by atoms with Crippen molar-refractivity contribution in [2.75, 3.05) is 13.2 Å². The second-order valence-corrected chi connectivity index (χ2v) is 3.50. The van der Waals surface area contributed by atoms with Crippen molar-refractivity contribution in [2.24, 2.45) is 5.92 Å². The molecule has 2 atom stereocenters. The van der Waals surface area contributed by atoms with E-state index in [0.717, 1.165) is 0 Å². The number of ether oxygens (including phenoxy) is 2. The summed E-state index contributed by atoms with van der Waals surface area (Å²) in [7, 11) is 0. The van der Waals surface area contributed by atoms with Gasteiger partial charge in [0.25, 0.3) is 0 Å². The first kappa shape index (κ1) is 8.97. The highest BCUT2D eigenvalue weighted by Crippen LogP contribution is 2.28. The summed E-state index contributed by atoms with van der Waals surface area (Å²) in [6, 6.07) is 0. The fraction of sp³-hybridized carbons (Fsp3) is 1.00. The Morgan fingerprint density at radius 2 is 2.18 bits per heavy atom. The van der Waals surface area contributed by atoms with Gasteiger partial charge in [-0.05, 0) is 20.8 Å². The molecular formula is C8H16O3. The summed E-state index contributed by atoms with van der Waals surface area (Å²) in [4.78, 5) is 0. The molecule has 3 nitrogen and oxygen atoms in total. The zero-order chi connectivity index (χ0) is 8.48. The molecule has 0 bridgehead atoms. The third-order valence-electron chi connectivity index (χ3n) is 2.21. The summed E-state index contributed by atoms with van der Waals surface area (Å²) in [5.74, 6) is 0.0960. The molecule has 0 aliphatic carbocycles. The highest BCUT2D eigenvalue weighted by Gasteiger charge is 2.36. The zero-order valence-corrected chi connectivity index (χ0v) is 7.33. The summed E-state index contributed by atoms with van der Waals surface area (Å²) < 4.78 is 10.7. The number of aliphatic hydroxyl groups excluding tert-OH is 1. The molecule has 1 rings (SSSR count). The Bertz CT molecular complexity index is 133. The van der Waals surface area contributed by atoms with Crippen LogP contribution < -0.4 is 0 Å². The first-order valence-corrected chi connectivity index (χ1v) is 3.96. The highest BCUT2D eigenvalue weighted by molar-refractivity contribution is 4.81. The van der Waals surface area contributed by atoms with E-state index in [2.05, 4.69) is 0 Å². The average Bonchev–Trinajstić information content (AvgIpc) is 1.85. The van der Waals surface area contributed by atoms with Crippen molar-refractivity contribution in [1.82, 2.24) is 0 Å². The van der Waals surface area contributed by atoms with Crippen LogP contribution in [0.3, 0.4) is 0 Å². The second-order valence-electron chi connectivity index (χ2n) is 3.50. The third-order valence-corrected chi connectivity index (χ3v) is 2.21. The fourth-order valence-electron chi connectivity index (χ4n) is 1.28. The van der Waals surface area contributed by atoms with Gasteiger partial charge in [-0.25, -0.2) is 0 Å². The molecule has 0 spiro atoms. The largest absolute Gasteiger partial charge is 0.396 e. The quantitative estimate of drug-likeness (QED) is 0.615. The van der Waals surface area contributed by atoms with Crippen LogP contribution >= 0.6 is 0 Å². The highest BCUT2D eigenvalue weighted by atomic mass is 16.7. The molecule has 1 aliphatic heterocycles. The van der Waals surface area contributed by atoms with Gasteiger partial charge in [0, 0.05) is 5.92 Å². The van der Waals surface area contributed by atoms with Crippen LogP contribution in [-0.2, 0) is 9.47 Å². The fourth-order valence-corrected chi connectivity index (χ4v) is 1.28. The SMILES string of the molecule is CC1OCC(CO)C(C)(C)O1. The van der Waals surface area contributed by atoms with Crippen LogP contribution in [-0.4, -0.2) is 30.2 Å². The van der Waals surface area contributed by atoms with Crippen molar-refractivity contribution < 1.29 is 14.6 Å². The van der Waals surface area contributed by atoms with E-state index >= 15 is 0 Å². The molecule has 3 heteroatoms. The molecule has 1 N–H and O–H groups in total. The van der Waals surface area contributed by atoms with Gasteiger partial charge in [-0.1, -0.05) is 0 Å². The Balaban J connectivity index is 2.56. The van der Waals surface area contributed by atoms with Gasteiger partial charge >= 0.3 is 0 Å². The molecule has 1 heterocycles. The van der Waals surface area contributed by atoms with Crippen LogP contribution in [0, 0.1) is 5.92 Å². The van der Waals surface area contributed by atoms with Crippen LogP contribution in [0.5, 0.6) is 0 Å². The van der Waals surface area contributed by atoms with E-state index in [-0.39, 0.29) is 24.4 Å². The number of hydrogen-bond donors (Lipinski definition) is 1. The van der Waals surface area contributed by atoms with Crippen molar-refractivity contribution in [3.05, 3.63) is 0 Å². The van der Waals surface area contributed by atoms with E-state index in [1.54, 1.807) is 0 Å². The Labute approximate surface area is 67.3 Å². The average molecular weight is 160 g/mol. The predicted molar refractivity (Wildman–Crippen MR) is 41.2 cm³/mol. The van der Waals surface area contributed by atoms with Gasteiger partial charge in [0.2, 0.25) is 0 Å².